The Balaban J connectivity index is 1.48. The Kier molecular flexibility index (Phi) is 4.55. The number of nitrogens with zero attached hydrogens (tertiary/aromatic N) is 3. The van der Waals surface area contributed by atoms with Gasteiger partial charge in [0, 0.05) is 25.6 Å². The fraction of sp³-hybridized carbons (Fsp3) is 0.688. The fourth-order valence-corrected chi connectivity index (χ4v) is 2.96. The van der Waals surface area contributed by atoms with Gasteiger partial charge in [-0.2, -0.15) is 0 Å². The molecule has 3 rings (SSSR count). The van der Waals surface area contributed by atoms with Gasteiger partial charge < -0.3 is 10.2 Å². The zero-order valence-electron chi connectivity index (χ0n) is 13.0. The molecule has 1 aromatic rings. The van der Waals surface area contributed by atoms with E-state index in [1.54, 1.807) is 0 Å². The third kappa shape index (κ3) is 3.36. The number of aryl methyl sites for hydroxylation is 1. The van der Waals surface area contributed by atoms with Gasteiger partial charge in [-0.15, -0.1) is 0 Å². The molecule has 1 aromatic heterocycles. The maximum absolute atomic E-state index is 14.1. The Bertz CT molecular complexity index is 539. The summed E-state index contributed by atoms with van der Waals surface area (Å²) in [5, 5.41) is 3.11. The maximum atomic E-state index is 14.1. The first-order valence-corrected chi connectivity index (χ1v) is 8.21. The minimum absolute atomic E-state index is 0.295. The van der Waals surface area contributed by atoms with E-state index in [-0.39, 0.29) is 5.82 Å². The summed E-state index contributed by atoms with van der Waals surface area (Å²) in [6.45, 7) is 4.23. The van der Waals surface area contributed by atoms with Gasteiger partial charge in [-0.3, -0.25) is 4.79 Å². The van der Waals surface area contributed by atoms with Crippen LogP contribution in [0.4, 0.5) is 10.2 Å². The number of piperidine rings is 1. The summed E-state index contributed by atoms with van der Waals surface area (Å²) in [6, 6.07) is 0. The second-order valence-corrected chi connectivity index (χ2v) is 6.26. The van der Waals surface area contributed by atoms with Crippen LogP contribution in [0.3, 0.4) is 0 Å². The molecule has 6 heteroatoms. The largest absolute Gasteiger partial charge is 0.367 e. The number of aromatic nitrogens is 2. The third-order valence-electron chi connectivity index (χ3n) is 4.61. The molecule has 1 aliphatic carbocycles. The molecule has 2 aliphatic rings. The lowest BCUT2D eigenvalue weighted by Crippen LogP contribution is -2.40. The first kappa shape index (κ1) is 15.2. The highest BCUT2D eigenvalue weighted by Crippen LogP contribution is 2.32. The number of carbonyl (C=O) groups excluding carboxylic acids is 1. The molecule has 2 fully saturated rings. The van der Waals surface area contributed by atoms with Gasteiger partial charge in [0.2, 0.25) is 5.91 Å². The summed E-state index contributed by atoms with van der Waals surface area (Å²) in [6.07, 6.45) is 6.03. The molecule has 0 spiro atoms. The van der Waals surface area contributed by atoms with Crippen LogP contribution in [-0.2, 0) is 11.2 Å². The number of likely N-dealkylation sites (tertiary alicyclic amines) is 1. The molecule has 1 amide bonds. The molecule has 0 atom stereocenters. The van der Waals surface area contributed by atoms with E-state index in [1.807, 2.05) is 11.8 Å². The molecule has 0 aromatic carbocycles. The number of carbonyl (C=O) groups is 1. The lowest BCUT2D eigenvalue weighted by molar-refractivity contribution is -0.133. The summed E-state index contributed by atoms with van der Waals surface area (Å²) in [4.78, 5) is 21.9. The van der Waals surface area contributed by atoms with E-state index in [9.17, 15) is 9.18 Å². The van der Waals surface area contributed by atoms with E-state index in [1.165, 1.54) is 6.33 Å². The number of halogens is 1. The van der Waals surface area contributed by atoms with Crippen LogP contribution < -0.4 is 5.32 Å². The number of hydrogen-bond donors (Lipinski definition) is 1. The predicted molar refractivity (Wildman–Crippen MR) is 81.9 cm³/mol. The first-order chi connectivity index (χ1) is 10.7. The maximum Gasteiger partial charge on any atom is 0.225 e. The van der Waals surface area contributed by atoms with Crippen molar-refractivity contribution >= 4 is 11.7 Å². The predicted octanol–water partition coefficient (Wildman–Crippen LogP) is 2.24. The highest BCUT2D eigenvalue weighted by Gasteiger charge is 2.34. The molecule has 0 radical (unpaired) electrons. The average molecular weight is 306 g/mol. The molecule has 22 heavy (non-hydrogen) atoms. The minimum Gasteiger partial charge on any atom is -0.367 e. The third-order valence-corrected chi connectivity index (χ3v) is 4.61. The van der Waals surface area contributed by atoms with Crippen molar-refractivity contribution < 1.29 is 9.18 Å². The highest BCUT2D eigenvalue weighted by molar-refractivity contribution is 5.81. The molecule has 1 N–H and O–H groups in total. The molecule has 0 unspecified atom stereocenters. The zero-order chi connectivity index (χ0) is 15.5. The average Bonchev–Trinajstić information content (AvgIpc) is 3.39. The van der Waals surface area contributed by atoms with Crippen molar-refractivity contribution in [2.45, 2.75) is 39.0 Å². The number of anilines is 1. The summed E-state index contributed by atoms with van der Waals surface area (Å²) >= 11 is 0. The molecule has 1 aliphatic heterocycles. The molecule has 120 valence electrons. The van der Waals surface area contributed by atoms with Crippen molar-refractivity contribution in [3.05, 3.63) is 17.8 Å². The van der Waals surface area contributed by atoms with Crippen LogP contribution >= 0.6 is 0 Å². The van der Waals surface area contributed by atoms with Crippen molar-refractivity contribution in [2.24, 2.45) is 11.8 Å². The molecule has 0 bridgehead atoms. The van der Waals surface area contributed by atoms with Crippen molar-refractivity contribution in [1.82, 2.24) is 14.9 Å². The van der Waals surface area contributed by atoms with Crippen LogP contribution in [0, 0.1) is 17.7 Å². The molecule has 2 heterocycles. The Morgan fingerprint density at radius 3 is 2.68 bits per heavy atom. The number of nitrogens with one attached hydrogen (secondary N) is 1. The van der Waals surface area contributed by atoms with Gasteiger partial charge in [0.1, 0.15) is 6.33 Å². The van der Waals surface area contributed by atoms with Crippen LogP contribution in [0.5, 0.6) is 0 Å². The zero-order valence-corrected chi connectivity index (χ0v) is 13.0. The second kappa shape index (κ2) is 6.58. The van der Waals surface area contributed by atoms with Gasteiger partial charge in [0.25, 0.3) is 0 Å². The molecule has 5 nitrogen and oxygen atoms in total. The minimum atomic E-state index is -0.341. The molecular weight excluding hydrogens is 283 g/mol. The van der Waals surface area contributed by atoms with Gasteiger partial charge >= 0.3 is 0 Å². The van der Waals surface area contributed by atoms with E-state index >= 15 is 0 Å². The van der Waals surface area contributed by atoms with Crippen LogP contribution in [0.25, 0.3) is 0 Å². The standard InChI is InChI=1S/C16H23FN4O/c1-2-13-14(17)15(20-10-19-13)18-9-11-5-7-21(8-6-11)16(22)12-3-4-12/h10-12H,2-9H2,1H3,(H,18,19,20). The van der Waals surface area contributed by atoms with Crippen molar-refractivity contribution in [3.63, 3.8) is 0 Å². The Morgan fingerprint density at radius 2 is 2.05 bits per heavy atom. The van der Waals surface area contributed by atoms with E-state index in [4.69, 9.17) is 0 Å². The molecule has 1 saturated carbocycles. The first-order valence-electron chi connectivity index (χ1n) is 8.21. The van der Waals surface area contributed by atoms with E-state index in [0.717, 1.165) is 38.8 Å². The van der Waals surface area contributed by atoms with Crippen molar-refractivity contribution in [3.8, 4) is 0 Å². The smallest absolute Gasteiger partial charge is 0.225 e. The Labute approximate surface area is 130 Å². The van der Waals surface area contributed by atoms with Crippen molar-refractivity contribution in [2.75, 3.05) is 25.0 Å². The molecule has 1 saturated heterocycles. The van der Waals surface area contributed by atoms with Gasteiger partial charge in [-0.05, 0) is 38.0 Å². The number of rotatable bonds is 5. The van der Waals surface area contributed by atoms with E-state index in [0.29, 0.717) is 42.2 Å². The SMILES string of the molecule is CCc1ncnc(NCC2CCN(C(=O)C3CC3)CC2)c1F. The summed E-state index contributed by atoms with van der Waals surface area (Å²) in [5.41, 5.74) is 0.447. The van der Waals surface area contributed by atoms with Gasteiger partial charge in [-0.1, -0.05) is 6.92 Å². The molecular formula is C16H23FN4O. The van der Waals surface area contributed by atoms with Gasteiger partial charge in [0.15, 0.2) is 11.6 Å². The van der Waals surface area contributed by atoms with E-state index in [2.05, 4.69) is 15.3 Å². The number of hydrogen-bond acceptors (Lipinski definition) is 4. The van der Waals surface area contributed by atoms with Crippen LogP contribution in [0.15, 0.2) is 6.33 Å². The summed E-state index contributed by atoms with van der Waals surface area (Å²) < 4.78 is 14.1. The normalized spacial score (nSPS) is 19.3. The number of amides is 1. The second-order valence-electron chi connectivity index (χ2n) is 6.26. The van der Waals surface area contributed by atoms with Gasteiger partial charge in [0.05, 0.1) is 5.69 Å². The van der Waals surface area contributed by atoms with Crippen LogP contribution in [-0.4, -0.2) is 40.4 Å². The monoisotopic (exact) mass is 306 g/mol. The summed E-state index contributed by atoms with van der Waals surface area (Å²) in [5.74, 6) is 1.05. The Hall–Kier alpha value is -1.72. The summed E-state index contributed by atoms with van der Waals surface area (Å²) in [7, 11) is 0. The lowest BCUT2D eigenvalue weighted by atomic mass is 9.96. The van der Waals surface area contributed by atoms with E-state index < -0.39 is 0 Å². The van der Waals surface area contributed by atoms with Crippen LogP contribution in [0.1, 0.15) is 38.3 Å². The topological polar surface area (TPSA) is 58.1 Å². The van der Waals surface area contributed by atoms with Gasteiger partial charge in [-0.25, -0.2) is 14.4 Å². The van der Waals surface area contributed by atoms with Crippen molar-refractivity contribution in [1.29, 1.82) is 0 Å². The fourth-order valence-electron chi connectivity index (χ4n) is 2.96. The lowest BCUT2D eigenvalue weighted by Gasteiger charge is -2.32. The quantitative estimate of drug-likeness (QED) is 0.906. The highest BCUT2D eigenvalue weighted by atomic mass is 19.1. The van der Waals surface area contributed by atoms with Crippen LogP contribution in [0.2, 0.25) is 0 Å². The Morgan fingerprint density at radius 1 is 1.32 bits per heavy atom.